The van der Waals surface area contributed by atoms with E-state index in [9.17, 15) is 4.79 Å². The molecule has 1 saturated heterocycles. The summed E-state index contributed by atoms with van der Waals surface area (Å²) in [7, 11) is 1.52. The maximum absolute atomic E-state index is 12.2. The highest BCUT2D eigenvalue weighted by Gasteiger charge is 2.32. The maximum Gasteiger partial charge on any atom is 0.249 e. The molecule has 0 saturated carbocycles. The average Bonchev–Trinajstić information content (AvgIpc) is 3.05. The number of piperidine rings is 1. The predicted molar refractivity (Wildman–Crippen MR) is 87.6 cm³/mol. The van der Waals surface area contributed by atoms with Crippen LogP contribution in [-0.4, -0.2) is 41.2 Å². The number of aromatic nitrogens is 2. The molecule has 1 atom stereocenters. The molecule has 3 rings (SSSR count). The zero-order valence-corrected chi connectivity index (χ0v) is 14.5. The smallest absolute Gasteiger partial charge is 0.249 e. The quantitative estimate of drug-likeness (QED) is 0.815. The first-order valence-corrected chi connectivity index (χ1v) is 8.36. The third-order valence-electron chi connectivity index (χ3n) is 3.92. The number of halogens is 1. The van der Waals surface area contributed by atoms with Crippen molar-refractivity contribution in [2.75, 3.05) is 20.3 Å². The summed E-state index contributed by atoms with van der Waals surface area (Å²) in [5.41, 5.74) is 0.883. The molecule has 1 unspecified atom stereocenters. The van der Waals surface area contributed by atoms with E-state index in [1.165, 1.54) is 7.11 Å². The minimum Gasteiger partial charge on any atom is -0.375 e. The van der Waals surface area contributed by atoms with Gasteiger partial charge in [-0.1, -0.05) is 21.1 Å². The average molecular weight is 380 g/mol. The summed E-state index contributed by atoms with van der Waals surface area (Å²) < 4.78 is 11.4. The molecule has 0 spiro atoms. The molecule has 0 aliphatic carbocycles. The standard InChI is InChI=1S/C16H18BrN3O3/c1-22-10-14(21)20-9-3-2-4-13(20)16-18-15(19-23-16)11-5-7-12(17)8-6-11/h5-8,13H,2-4,9-10H2,1H3. The van der Waals surface area contributed by atoms with E-state index in [2.05, 4.69) is 26.1 Å². The van der Waals surface area contributed by atoms with Gasteiger partial charge in [-0.3, -0.25) is 4.79 Å². The van der Waals surface area contributed by atoms with Crippen molar-refractivity contribution in [3.8, 4) is 11.4 Å². The molecule has 0 bridgehead atoms. The largest absolute Gasteiger partial charge is 0.375 e. The number of ether oxygens (including phenoxy) is 1. The first-order valence-electron chi connectivity index (χ1n) is 7.57. The second-order valence-electron chi connectivity index (χ2n) is 5.49. The van der Waals surface area contributed by atoms with Crippen molar-refractivity contribution >= 4 is 21.8 Å². The van der Waals surface area contributed by atoms with Gasteiger partial charge in [-0.2, -0.15) is 4.98 Å². The highest BCUT2D eigenvalue weighted by molar-refractivity contribution is 9.10. The van der Waals surface area contributed by atoms with Crippen molar-refractivity contribution in [1.29, 1.82) is 0 Å². The number of carbonyl (C=O) groups excluding carboxylic acids is 1. The SMILES string of the molecule is COCC(=O)N1CCCCC1c1nc(-c2ccc(Br)cc2)no1. The molecule has 2 aromatic rings. The number of likely N-dealkylation sites (tertiary alicyclic amines) is 1. The van der Waals surface area contributed by atoms with Crippen LogP contribution in [0.1, 0.15) is 31.2 Å². The van der Waals surface area contributed by atoms with Crippen molar-refractivity contribution in [2.45, 2.75) is 25.3 Å². The molecular formula is C16H18BrN3O3. The van der Waals surface area contributed by atoms with E-state index in [0.29, 0.717) is 18.3 Å². The molecule has 2 heterocycles. The number of nitrogens with zero attached hydrogens (tertiary/aromatic N) is 3. The van der Waals surface area contributed by atoms with Gasteiger partial charge in [0.25, 0.3) is 0 Å². The molecule has 7 heteroatoms. The second-order valence-corrected chi connectivity index (χ2v) is 6.41. The Morgan fingerprint density at radius 2 is 2.17 bits per heavy atom. The van der Waals surface area contributed by atoms with Crippen molar-refractivity contribution in [1.82, 2.24) is 15.0 Å². The van der Waals surface area contributed by atoms with E-state index >= 15 is 0 Å². The lowest BCUT2D eigenvalue weighted by Crippen LogP contribution is -2.40. The number of rotatable bonds is 4. The van der Waals surface area contributed by atoms with Gasteiger partial charge in [0.2, 0.25) is 17.6 Å². The number of methoxy groups -OCH3 is 1. The van der Waals surface area contributed by atoms with Gasteiger partial charge in [-0.15, -0.1) is 0 Å². The highest BCUT2D eigenvalue weighted by atomic mass is 79.9. The molecule has 1 aliphatic rings. The maximum atomic E-state index is 12.2. The van der Waals surface area contributed by atoms with Crippen LogP contribution < -0.4 is 0 Å². The fraction of sp³-hybridized carbons (Fsp3) is 0.438. The van der Waals surface area contributed by atoms with E-state index in [1.807, 2.05) is 24.3 Å². The van der Waals surface area contributed by atoms with Gasteiger partial charge in [0, 0.05) is 23.7 Å². The zero-order chi connectivity index (χ0) is 16.2. The topological polar surface area (TPSA) is 68.5 Å². The lowest BCUT2D eigenvalue weighted by Gasteiger charge is -2.33. The monoisotopic (exact) mass is 379 g/mol. The summed E-state index contributed by atoms with van der Waals surface area (Å²) in [4.78, 5) is 18.5. The lowest BCUT2D eigenvalue weighted by molar-refractivity contribution is -0.139. The summed E-state index contributed by atoms with van der Waals surface area (Å²) in [6, 6.07) is 7.55. The molecule has 122 valence electrons. The normalized spacial score (nSPS) is 18.2. The van der Waals surface area contributed by atoms with Crippen molar-refractivity contribution in [3.05, 3.63) is 34.6 Å². The third-order valence-corrected chi connectivity index (χ3v) is 4.45. The Morgan fingerprint density at radius 3 is 2.91 bits per heavy atom. The van der Waals surface area contributed by atoms with E-state index in [0.717, 1.165) is 29.3 Å². The van der Waals surface area contributed by atoms with Crippen molar-refractivity contribution in [2.24, 2.45) is 0 Å². The van der Waals surface area contributed by atoms with Crippen LogP contribution in [0.4, 0.5) is 0 Å². The Hall–Kier alpha value is -1.73. The minimum absolute atomic E-state index is 0.0411. The van der Waals surface area contributed by atoms with E-state index in [-0.39, 0.29) is 18.6 Å². The number of amides is 1. The molecule has 0 radical (unpaired) electrons. The van der Waals surface area contributed by atoms with Crippen LogP contribution in [-0.2, 0) is 9.53 Å². The van der Waals surface area contributed by atoms with Crippen LogP contribution in [0.25, 0.3) is 11.4 Å². The molecule has 23 heavy (non-hydrogen) atoms. The second kappa shape index (κ2) is 7.23. The Balaban J connectivity index is 1.82. The van der Waals surface area contributed by atoms with Gasteiger partial charge in [0.15, 0.2) is 0 Å². The van der Waals surface area contributed by atoms with Crippen LogP contribution in [0.15, 0.2) is 33.3 Å². The Morgan fingerprint density at radius 1 is 1.39 bits per heavy atom. The number of hydrogen-bond donors (Lipinski definition) is 0. The molecule has 1 aromatic heterocycles. The Labute approximate surface area is 142 Å². The lowest BCUT2D eigenvalue weighted by atomic mass is 10.0. The fourth-order valence-electron chi connectivity index (χ4n) is 2.78. The van der Waals surface area contributed by atoms with Crippen LogP contribution in [0.3, 0.4) is 0 Å². The minimum atomic E-state index is -0.164. The molecule has 1 aliphatic heterocycles. The number of hydrogen-bond acceptors (Lipinski definition) is 5. The summed E-state index contributed by atoms with van der Waals surface area (Å²) in [6.45, 7) is 0.771. The van der Waals surface area contributed by atoms with Gasteiger partial charge in [-0.25, -0.2) is 0 Å². The summed E-state index contributed by atoms with van der Waals surface area (Å²) >= 11 is 3.40. The first kappa shape index (κ1) is 16.1. The predicted octanol–water partition coefficient (Wildman–Crippen LogP) is 3.20. The van der Waals surface area contributed by atoms with E-state index < -0.39 is 0 Å². The molecule has 0 N–H and O–H groups in total. The van der Waals surface area contributed by atoms with Crippen LogP contribution in [0, 0.1) is 0 Å². The molecule has 1 fully saturated rings. The van der Waals surface area contributed by atoms with Gasteiger partial charge in [0.05, 0.1) is 0 Å². The van der Waals surface area contributed by atoms with Gasteiger partial charge < -0.3 is 14.2 Å². The third kappa shape index (κ3) is 3.61. The summed E-state index contributed by atoms with van der Waals surface area (Å²) in [6.07, 6.45) is 2.86. The van der Waals surface area contributed by atoms with Crippen molar-refractivity contribution in [3.63, 3.8) is 0 Å². The van der Waals surface area contributed by atoms with Crippen LogP contribution >= 0.6 is 15.9 Å². The Bertz CT molecular complexity index is 671. The van der Waals surface area contributed by atoms with E-state index in [4.69, 9.17) is 9.26 Å². The van der Waals surface area contributed by atoms with Gasteiger partial charge in [0.1, 0.15) is 12.6 Å². The first-order chi connectivity index (χ1) is 11.2. The Kier molecular flexibility index (Phi) is 5.07. The molecular weight excluding hydrogens is 362 g/mol. The summed E-state index contributed by atoms with van der Waals surface area (Å²) in [5.74, 6) is 0.991. The highest BCUT2D eigenvalue weighted by Crippen LogP contribution is 2.31. The van der Waals surface area contributed by atoms with E-state index in [1.54, 1.807) is 4.90 Å². The number of carbonyl (C=O) groups is 1. The van der Waals surface area contributed by atoms with Gasteiger partial charge in [-0.05, 0) is 43.5 Å². The molecule has 1 aromatic carbocycles. The van der Waals surface area contributed by atoms with Gasteiger partial charge >= 0.3 is 0 Å². The fourth-order valence-corrected chi connectivity index (χ4v) is 3.04. The zero-order valence-electron chi connectivity index (χ0n) is 12.9. The van der Waals surface area contributed by atoms with Crippen molar-refractivity contribution < 1.29 is 14.1 Å². The molecule has 6 nitrogen and oxygen atoms in total. The summed E-state index contributed by atoms with van der Waals surface area (Å²) in [5, 5.41) is 4.06. The van der Waals surface area contributed by atoms with Crippen LogP contribution in [0.5, 0.6) is 0 Å². The van der Waals surface area contributed by atoms with Crippen LogP contribution in [0.2, 0.25) is 0 Å². The number of benzene rings is 1. The molecule has 1 amide bonds.